The molecule has 0 aliphatic rings. The highest BCUT2D eigenvalue weighted by atomic mass is 79.9. The summed E-state index contributed by atoms with van der Waals surface area (Å²) in [7, 11) is 0. The van der Waals surface area contributed by atoms with Crippen LogP contribution < -0.4 is 5.32 Å². The van der Waals surface area contributed by atoms with Gasteiger partial charge in [-0.1, -0.05) is 51.8 Å². The normalized spacial score (nSPS) is 10.5. The van der Waals surface area contributed by atoms with Crippen LogP contribution >= 0.6 is 38.9 Å². The van der Waals surface area contributed by atoms with E-state index in [1.165, 1.54) is 11.3 Å². The van der Waals surface area contributed by atoms with Crippen LogP contribution in [0, 0.1) is 0 Å². The molecule has 0 aliphatic carbocycles. The Morgan fingerprint density at radius 2 is 1.76 bits per heavy atom. The van der Waals surface area contributed by atoms with Gasteiger partial charge in [-0.25, -0.2) is 4.79 Å². The fourth-order valence-corrected chi connectivity index (χ4v) is 3.80. The van der Waals surface area contributed by atoms with E-state index in [-0.39, 0.29) is 16.8 Å². The van der Waals surface area contributed by atoms with Crippen molar-refractivity contribution in [3.05, 3.63) is 74.5 Å². The summed E-state index contributed by atoms with van der Waals surface area (Å²) >= 11 is 10.6. The number of halogens is 2. The lowest BCUT2D eigenvalue weighted by Crippen LogP contribution is -2.14. The van der Waals surface area contributed by atoms with Gasteiger partial charge in [0.1, 0.15) is 5.56 Å². The standard InChI is InChI=1S/C18H11BrClNO3S/c19-11-7-5-10(6-8-11)16-15(18(23)24)14(9-25-16)21-17(22)12-3-1-2-4-13(12)20/h1-9H,(H,21,22)(H,23,24). The number of carboxylic acids is 1. The van der Waals surface area contributed by atoms with E-state index < -0.39 is 11.9 Å². The van der Waals surface area contributed by atoms with Crippen LogP contribution in [0.4, 0.5) is 5.69 Å². The molecular weight excluding hydrogens is 426 g/mol. The molecule has 4 nitrogen and oxygen atoms in total. The number of thiophene rings is 1. The Bertz CT molecular complexity index is 953. The molecule has 0 radical (unpaired) electrons. The fourth-order valence-electron chi connectivity index (χ4n) is 2.31. The molecule has 0 atom stereocenters. The summed E-state index contributed by atoms with van der Waals surface area (Å²) < 4.78 is 0.900. The molecule has 3 aromatic rings. The SMILES string of the molecule is O=C(Nc1csc(-c2ccc(Br)cc2)c1C(=O)O)c1ccccc1Cl. The van der Waals surface area contributed by atoms with E-state index in [9.17, 15) is 14.7 Å². The van der Waals surface area contributed by atoms with Gasteiger partial charge in [0.2, 0.25) is 0 Å². The first-order valence-corrected chi connectivity index (χ1v) is 9.19. The Hall–Kier alpha value is -2.15. The molecule has 1 aromatic heterocycles. The van der Waals surface area contributed by atoms with Crippen LogP contribution in [0.1, 0.15) is 20.7 Å². The number of carbonyl (C=O) groups is 2. The summed E-state index contributed by atoms with van der Waals surface area (Å²) in [5, 5.41) is 14.2. The number of amides is 1. The maximum atomic E-state index is 12.4. The lowest BCUT2D eigenvalue weighted by atomic mass is 10.1. The molecule has 25 heavy (non-hydrogen) atoms. The average molecular weight is 437 g/mol. The monoisotopic (exact) mass is 435 g/mol. The summed E-state index contributed by atoms with van der Waals surface area (Å²) in [6.45, 7) is 0. The molecule has 0 saturated heterocycles. The van der Waals surface area contributed by atoms with Gasteiger partial charge in [0.15, 0.2) is 0 Å². The van der Waals surface area contributed by atoms with Crippen LogP contribution in [0.5, 0.6) is 0 Å². The Balaban J connectivity index is 1.98. The second-order valence-corrected chi connectivity index (χ2v) is 7.30. The molecule has 1 amide bonds. The van der Waals surface area contributed by atoms with E-state index in [0.717, 1.165) is 10.0 Å². The van der Waals surface area contributed by atoms with Gasteiger partial charge in [-0.2, -0.15) is 0 Å². The third-order valence-electron chi connectivity index (χ3n) is 3.48. The van der Waals surface area contributed by atoms with Crippen molar-refractivity contribution in [1.29, 1.82) is 0 Å². The molecule has 3 rings (SSSR count). The summed E-state index contributed by atoms with van der Waals surface area (Å²) in [6.07, 6.45) is 0. The first kappa shape index (κ1) is 17.7. The van der Waals surface area contributed by atoms with Crippen molar-refractivity contribution >= 4 is 56.4 Å². The number of rotatable bonds is 4. The summed E-state index contributed by atoms with van der Waals surface area (Å²) in [5.41, 5.74) is 1.37. The molecule has 0 bridgehead atoms. The smallest absolute Gasteiger partial charge is 0.339 e. The third kappa shape index (κ3) is 3.76. The van der Waals surface area contributed by atoms with Gasteiger partial charge < -0.3 is 10.4 Å². The van der Waals surface area contributed by atoms with Crippen molar-refractivity contribution in [3.63, 3.8) is 0 Å². The molecule has 0 fully saturated rings. The van der Waals surface area contributed by atoms with Gasteiger partial charge in [-0.15, -0.1) is 11.3 Å². The third-order valence-corrected chi connectivity index (χ3v) is 5.37. The Morgan fingerprint density at radius 1 is 1.08 bits per heavy atom. The van der Waals surface area contributed by atoms with Crippen molar-refractivity contribution in [2.24, 2.45) is 0 Å². The Morgan fingerprint density at radius 3 is 2.40 bits per heavy atom. The molecule has 2 aromatic carbocycles. The van der Waals surface area contributed by atoms with Crippen LogP contribution in [0.25, 0.3) is 10.4 Å². The van der Waals surface area contributed by atoms with Crippen molar-refractivity contribution in [2.45, 2.75) is 0 Å². The molecule has 0 aliphatic heterocycles. The highest BCUT2D eigenvalue weighted by Gasteiger charge is 2.22. The van der Waals surface area contributed by atoms with E-state index in [1.807, 2.05) is 24.3 Å². The zero-order valence-corrected chi connectivity index (χ0v) is 15.8. The summed E-state index contributed by atoms with van der Waals surface area (Å²) in [5.74, 6) is -1.55. The second-order valence-electron chi connectivity index (χ2n) is 5.10. The molecule has 1 heterocycles. The number of aromatic carboxylic acids is 1. The number of anilines is 1. The zero-order valence-electron chi connectivity index (χ0n) is 12.6. The van der Waals surface area contributed by atoms with Gasteiger partial charge in [-0.05, 0) is 29.8 Å². The maximum Gasteiger partial charge on any atom is 0.339 e. The van der Waals surface area contributed by atoms with E-state index >= 15 is 0 Å². The number of hydrogen-bond acceptors (Lipinski definition) is 3. The largest absolute Gasteiger partial charge is 0.478 e. The zero-order chi connectivity index (χ0) is 18.0. The van der Waals surface area contributed by atoms with Crippen LogP contribution in [0.2, 0.25) is 5.02 Å². The van der Waals surface area contributed by atoms with E-state index in [0.29, 0.717) is 9.90 Å². The van der Waals surface area contributed by atoms with Crippen molar-refractivity contribution in [3.8, 4) is 10.4 Å². The molecule has 2 N–H and O–H groups in total. The first-order valence-electron chi connectivity index (χ1n) is 7.14. The quantitative estimate of drug-likeness (QED) is 0.544. The number of carbonyl (C=O) groups excluding carboxylic acids is 1. The predicted molar refractivity (Wildman–Crippen MR) is 104 cm³/mol. The van der Waals surface area contributed by atoms with Gasteiger partial charge in [0.25, 0.3) is 5.91 Å². The predicted octanol–water partition coefficient (Wildman–Crippen LogP) is 5.78. The lowest BCUT2D eigenvalue weighted by molar-refractivity contribution is 0.0699. The highest BCUT2D eigenvalue weighted by molar-refractivity contribution is 9.10. The van der Waals surface area contributed by atoms with Crippen LogP contribution in [0.3, 0.4) is 0 Å². The fraction of sp³-hybridized carbons (Fsp3) is 0. The van der Waals surface area contributed by atoms with Crippen LogP contribution in [-0.4, -0.2) is 17.0 Å². The molecule has 0 unspecified atom stereocenters. The van der Waals surface area contributed by atoms with Gasteiger partial charge in [0, 0.05) is 9.85 Å². The molecular formula is C18H11BrClNO3S. The van der Waals surface area contributed by atoms with Crippen LogP contribution in [0.15, 0.2) is 58.4 Å². The minimum atomic E-state index is -1.10. The van der Waals surface area contributed by atoms with Gasteiger partial charge in [0.05, 0.1) is 21.2 Å². The van der Waals surface area contributed by atoms with Crippen molar-refractivity contribution < 1.29 is 14.7 Å². The van der Waals surface area contributed by atoms with E-state index in [2.05, 4.69) is 21.2 Å². The van der Waals surface area contributed by atoms with Crippen molar-refractivity contribution in [1.82, 2.24) is 0 Å². The minimum absolute atomic E-state index is 0.0627. The molecule has 7 heteroatoms. The highest BCUT2D eigenvalue weighted by Crippen LogP contribution is 2.37. The van der Waals surface area contributed by atoms with E-state index in [4.69, 9.17) is 11.6 Å². The summed E-state index contributed by atoms with van der Waals surface area (Å²) in [6, 6.07) is 13.9. The van der Waals surface area contributed by atoms with Gasteiger partial charge in [-0.3, -0.25) is 4.79 Å². The lowest BCUT2D eigenvalue weighted by Gasteiger charge is -2.07. The summed E-state index contributed by atoms with van der Waals surface area (Å²) in [4.78, 5) is 24.7. The number of carboxylic acid groups (broad SMARTS) is 1. The Kier molecular flexibility index (Phi) is 5.22. The first-order chi connectivity index (χ1) is 12.0. The molecule has 0 spiro atoms. The topological polar surface area (TPSA) is 66.4 Å². The minimum Gasteiger partial charge on any atom is -0.478 e. The average Bonchev–Trinajstić information content (AvgIpc) is 2.99. The number of nitrogens with one attached hydrogen (secondary N) is 1. The molecule has 0 saturated carbocycles. The molecule has 126 valence electrons. The van der Waals surface area contributed by atoms with Crippen LogP contribution in [-0.2, 0) is 0 Å². The maximum absolute atomic E-state index is 12.4. The number of hydrogen-bond donors (Lipinski definition) is 2. The second kappa shape index (κ2) is 7.39. The number of benzene rings is 2. The van der Waals surface area contributed by atoms with E-state index in [1.54, 1.807) is 29.6 Å². The Labute approximate surface area is 161 Å². The van der Waals surface area contributed by atoms with Gasteiger partial charge >= 0.3 is 5.97 Å². The van der Waals surface area contributed by atoms with Crippen molar-refractivity contribution in [2.75, 3.05) is 5.32 Å².